The molecule has 19 heavy (non-hydrogen) atoms. The van der Waals surface area contributed by atoms with Gasteiger partial charge in [0.05, 0.1) is 12.2 Å². The average Bonchev–Trinajstić information content (AvgIpc) is 2.72. The average molecular weight is 275 g/mol. The molecular weight excluding hydrogens is 260 g/mol. The van der Waals surface area contributed by atoms with E-state index in [0.717, 1.165) is 23.1 Å². The van der Waals surface area contributed by atoms with Gasteiger partial charge in [0, 0.05) is 5.56 Å². The van der Waals surface area contributed by atoms with Crippen LogP contribution in [-0.2, 0) is 0 Å². The lowest BCUT2D eigenvalue weighted by Gasteiger charge is -2.08. The van der Waals surface area contributed by atoms with E-state index < -0.39 is 0 Å². The second-order valence-corrected chi connectivity index (χ2v) is 4.40. The lowest BCUT2D eigenvalue weighted by molar-refractivity contribution is 0.104. The number of benzene rings is 2. The molecule has 0 N–H and O–H groups in total. The molecule has 2 nitrogen and oxygen atoms in total. The first-order valence-corrected chi connectivity index (χ1v) is 6.23. The van der Waals surface area contributed by atoms with E-state index in [9.17, 15) is 4.79 Å². The number of ether oxygens (including phenoxy) is 1. The molecule has 0 bridgehead atoms. The van der Waals surface area contributed by atoms with Crippen LogP contribution in [-0.4, -0.2) is 12.4 Å². The molecule has 0 spiro atoms. The Hall–Kier alpha value is -1.80. The topological polar surface area (TPSA) is 26.3 Å². The maximum Gasteiger partial charge on any atom is 0.198 e. The maximum atomic E-state index is 12.4. The summed E-state index contributed by atoms with van der Waals surface area (Å²) in [6.45, 7) is 2.69. The molecule has 98 valence electrons. The van der Waals surface area contributed by atoms with Gasteiger partial charge in [-0.25, -0.2) is 0 Å². The molecule has 0 heterocycles. The van der Waals surface area contributed by atoms with Crippen LogP contribution in [0.2, 0.25) is 0 Å². The second-order valence-electron chi connectivity index (χ2n) is 4.40. The highest BCUT2D eigenvalue weighted by molar-refractivity contribution is 6.23. The first kappa shape index (κ1) is 13.6. The largest absolute Gasteiger partial charge is 0.493 e. The molecule has 0 saturated carbocycles. The molecule has 0 fully saturated rings. The van der Waals surface area contributed by atoms with Crippen LogP contribution in [0.25, 0.3) is 11.1 Å². The Morgan fingerprint density at radius 2 is 1.63 bits per heavy atom. The lowest BCUT2D eigenvalue weighted by atomic mass is 10.1. The lowest BCUT2D eigenvalue weighted by Crippen LogP contribution is -2.02. The minimum atomic E-state index is 0. The van der Waals surface area contributed by atoms with Gasteiger partial charge >= 0.3 is 0 Å². The molecule has 0 amide bonds. The fraction of sp³-hybridized carbons (Fsp3) is 0.188. The molecule has 2 aromatic carbocycles. The number of halogens is 1. The Kier molecular flexibility index (Phi) is 3.91. The van der Waals surface area contributed by atoms with Crippen LogP contribution in [0.1, 0.15) is 29.3 Å². The highest BCUT2D eigenvalue weighted by atomic mass is 35.5. The van der Waals surface area contributed by atoms with Crippen molar-refractivity contribution in [2.24, 2.45) is 0 Å². The van der Waals surface area contributed by atoms with Crippen molar-refractivity contribution in [1.29, 1.82) is 0 Å². The molecule has 0 atom stereocenters. The summed E-state index contributed by atoms with van der Waals surface area (Å²) in [5, 5.41) is 0. The van der Waals surface area contributed by atoms with Crippen LogP contribution < -0.4 is 4.74 Å². The summed E-state index contributed by atoms with van der Waals surface area (Å²) < 4.78 is 5.68. The summed E-state index contributed by atoms with van der Waals surface area (Å²) in [5.74, 6) is 0.780. The summed E-state index contributed by atoms with van der Waals surface area (Å²) in [5.41, 5.74) is 3.50. The van der Waals surface area contributed by atoms with Crippen molar-refractivity contribution in [3.05, 3.63) is 53.6 Å². The summed E-state index contributed by atoms with van der Waals surface area (Å²) in [7, 11) is 0. The second kappa shape index (κ2) is 5.45. The zero-order chi connectivity index (χ0) is 12.5. The maximum absolute atomic E-state index is 12.4. The Morgan fingerprint density at radius 3 is 2.37 bits per heavy atom. The zero-order valence-corrected chi connectivity index (χ0v) is 11.5. The van der Waals surface area contributed by atoms with E-state index in [1.165, 1.54) is 0 Å². The van der Waals surface area contributed by atoms with E-state index in [1.54, 1.807) is 0 Å². The van der Waals surface area contributed by atoms with Gasteiger partial charge in [0.15, 0.2) is 5.78 Å². The number of fused-ring (bicyclic) bond motifs is 3. The first-order valence-electron chi connectivity index (χ1n) is 6.23. The molecule has 2 aromatic rings. The van der Waals surface area contributed by atoms with E-state index in [4.69, 9.17) is 4.74 Å². The van der Waals surface area contributed by atoms with Gasteiger partial charge in [0.25, 0.3) is 0 Å². The number of hydrogen-bond acceptors (Lipinski definition) is 2. The Bertz CT molecular complexity index is 620. The fourth-order valence-corrected chi connectivity index (χ4v) is 2.37. The Morgan fingerprint density at radius 1 is 0.947 bits per heavy atom. The number of carbonyl (C=O) groups excluding carboxylic acids is 1. The molecule has 0 saturated heterocycles. The SMILES string of the molecule is CCCOc1cccc2c1C(=O)c1ccccc1-2.Cl. The van der Waals surface area contributed by atoms with Crippen molar-refractivity contribution in [3.63, 3.8) is 0 Å². The van der Waals surface area contributed by atoms with Crippen LogP contribution in [0.15, 0.2) is 42.5 Å². The van der Waals surface area contributed by atoms with Gasteiger partial charge in [-0.05, 0) is 23.6 Å². The minimum absolute atomic E-state index is 0. The first-order chi connectivity index (χ1) is 8.83. The molecule has 0 aromatic heterocycles. The van der Waals surface area contributed by atoms with Crippen molar-refractivity contribution in [1.82, 2.24) is 0 Å². The summed E-state index contributed by atoms with van der Waals surface area (Å²) in [6, 6.07) is 13.5. The normalized spacial score (nSPS) is 11.5. The number of hydrogen-bond donors (Lipinski definition) is 0. The third kappa shape index (κ3) is 2.13. The number of rotatable bonds is 3. The predicted molar refractivity (Wildman–Crippen MR) is 78.3 cm³/mol. The van der Waals surface area contributed by atoms with Crippen molar-refractivity contribution < 1.29 is 9.53 Å². The molecule has 3 heteroatoms. The zero-order valence-electron chi connectivity index (χ0n) is 10.7. The van der Waals surface area contributed by atoms with E-state index >= 15 is 0 Å². The molecule has 1 aliphatic carbocycles. The minimum Gasteiger partial charge on any atom is -0.493 e. The van der Waals surface area contributed by atoms with Gasteiger partial charge in [-0.15, -0.1) is 12.4 Å². The fourth-order valence-electron chi connectivity index (χ4n) is 2.37. The van der Waals surface area contributed by atoms with Crippen LogP contribution in [0.3, 0.4) is 0 Å². The third-order valence-corrected chi connectivity index (χ3v) is 3.18. The molecule has 0 unspecified atom stereocenters. The van der Waals surface area contributed by atoms with Gasteiger partial charge in [-0.3, -0.25) is 4.79 Å². The summed E-state index contributed by atoms with van der Waals surface area (Å²) in [4.78, 5) is 12.4. The van der Waals surface area contributed by atoms with E-state index in [1.807, 2.05) is 42.5 Å². The number of ketones is 1. The Labute approximate surface area is 118 Å². The van der Waals surface area contributed by atoms with Gasteiger partial charge in [0.2, 0.25) is 0 Å². The van der Waals surface area contributed by atoms with Gasteiger partial charge < -0.3 is 4.74 Å². The van der Waals surface area contributed by atoms with Crippen LogP contribution in [0.4, 0.5) is 0 Å². The third-order valence-electron chi connectivity index (χ3n) is 3.18. The van der Waals surface area contributed by atoms with Gasteiger partial charge in [-0.1, -0.05) is 43.3 Å². The molecular formula is C16H15ClO2. The van der Waals surface area contributed by atoms with Crippen LogP contribution in [0, 0.1) is 0 Å². The highest BCUT2D eigenvalue weighted by Gasteiger charge is 2.29. The van der Waals surface area contributed by atoms with Crippen molar-refractivity contribution >= 4 is 18.2 Å². The van der Waals surface area contributed by atoms with Crippen molar-refractivity contribution in [2.45, 2.75) is 13.3 Å². The predicted octanol–water partition coefficient (Wildman–Crippen LogP) is 4.11. The quantitative estimate of drug-likeness (QED) is 0.718. The van der Waals surface area contributed by atoms with Crippen molar-refractivity contribution in [2.75, 3.05) is 6.61 Å². The smallest absolute Gasteiger partial charge is 0.198 e. The Balaban J connectivity index is 0.00000133. The summed E-state index contributed by atoms with van der Waals surface area (Å²) in [6.07, 6.45) is 0.935. The highest BCUT2D eigenvalue weighted by Crippen LogP contribution is 2.40. The standard InChI is InChI=1S/C16H14O2.ClH/c1-2-10-18-14-9-5-8-12-11-6-3-4-7-13(11)16(17)15(12)14;/h3-9H,2,10H2,1H3;1H. The molecule has 0 aliphatic heterocycles. The van der Waals surface area contributed by atoms with Crippen LogP contribution in [0.5, 0.6) is 5.75 Å². The van der Waals surface area contributed by atoms with Gasteiger partial charge in [0.1, 0.15) is 5.75 Å². The molecule has 1 aliphatic rings. The monoisotopic (exact) mass is 274 g/mol. The number of carbonyl (C=O) groups is 1. The van der Waals surface area contributed by atoms with E-state index in [-0.39, 0.29) is 18.2 Å². The van der Waals surface area contributed by atoms with Crippen molar-refractivity contribution in [3.8, 4) is 16.9 Å². The van der Waals surface area contributed by atoms with E-state index in [2.05, 4.69) is 6.92 Å². The molecule has 0 radical (unpaired) electrons. The van der Waals surface area contributed by atoms with E-state index in [0.29, 0.717) is 17.9 Å². The van der Waals surface area contributed by atoms with Gasteiger partial charge in [-0.2, -0.15) is 0 Å². The summed E-state index contributed by atoms with van der Waals surface area (Å²) >= 11 is 0. The molecule has 3 rings (SSSR count). The van der Waals surface area contributed by atoms with Crippen LogP contribution >= 0.6 is 12.4 Å².